The smallest absolute Gasteiger partial charge is 0.250 e. The zero-order chi connectivity index (χ0) is 20.8. The molecule has 2 aromatic carbocycles. The van der Waals surface area contributed by atoms with Gasteiger partial charge in [-0.25, -0.2) is 4.39 Å². The van der Waals surface area contributed by atoms with E-state index in [2.05, 4.69) is 10.3 Å². The molecule has 3 N–H and O–H groups in total. The molecule has 2 amide bonds. The van der Waals surface area contributed by atoms with E-state index in [1.807, 2.05) is 0 Å². The molecule has 3 rings (SSSR count). The van der Waals surface area contributed by atoms with Crippen molar-refractivity contribution in [1.82, 2.24) is 10.3 Å². The molecule has 7 heteroatoms. The van der Waals surface area contributed by atoms with Gasteiger partial charge in [0.1, 0.15) is 11.9 Å². The van der Waals surface area contributed by atoms with E-state index in [4.69, 9.17) is 11.0 Å². The lowest BCUT2D eigenvalue weighted by Crippen LogP contribution is -2.27. The number of hydrogen-bond donors (Lipinski definition) is 2. The summed E-state index contributed by atoms with van der Waals surface area (Å²) in [6.45, 7) is 0.0818. The minimum atomic E-state index is -0.607. The number of nitrogens with two attached hydrogens (primary N) is 1. The second-order valence-electron chi connectivity index (χ2n) is 6.32. The highest BCUT2D eigenvalue weighted by Gasteiger charge is 2.11. The van der Waals surface area contributed by atoms with Crippen molar-refractivity contribution >= 4 is 11.8 Å². The summed E-state index contributed by atoms with van der Waals surface area (Å²) in [5, 5.41) is 11.6. The monoisotopic (exact) mass is 388 g/mol. The van der Waals surface area contributed by atoms with Crippen LogP contribution >= 0.6 is 0 Å². The number of halogens is 1. The first-order valence-electron chi connectivity index (χ1n) is 8.77. The fourth-order valence-corrected chi connectivity index (χ4v) is 2.88. The van der Waals surface area contributed by atoms with Crippen LogP contribution in [-0.2, 0) is 17.8 Å². The molecule has 1 aromatic heterocycles. The van der Waals surface area contributed by atoms with Crippen LogP contribution in [-0.4, -0.2) is 16.8 Å². The van der Waals surface area contributed by atoms with Crippen molar-refractivity contribution in [2.45, 2.75) is 13.0 Å². The molecule has 0 atom stereocenters. The highest BCUT2D eigenvalue weighted by molar-refractivity contribution is 5.94. The molecule has 0 aliphatic rings. The summed E-state index contributed by atoms with van der Waals surface area (Å²) >= 11 is 0. The molecular formula is C22H17FN4O2. The molecule has 0 radical (unpaired) electrons. The van der Waals surface area contributed by atoms with E-state index in [-0.39, 0.29) is 30.0 Å². The summed E-state index contributed by atoms with van der Waals surface area (Å²) in [6.07, 6.45) is 1.62. The third-order valence-corrected chi connectivity index (χ3v) is 4.32. The van der Waals surface area contributed by atoms with Crippen molar-refractivity contribution in [2.75, 3.05) is 0 Å². The number of pyridine rings is 1. The maximum atomic E-state index is 13.9. The van der Waals surface area contributed by atoms with E-state index < -0.39 is 11.7 Å². The molecule has 0 bridgehead atoms. The zero-order valence-electron chi connectivity index (χ0n) is 15.4. The lowest BCUT2D eigenvalue weighted by molar-refractivity contribution is -0.120. The number of hydrogen-bond acceptors (Lipinski definition) is 4. The molecule has 1 heterocycles. The Hall–Kier alpha value is -4.05. The maximum Gasteiger partial charge on any atom is 0.250 e. The molecule has 0 spiro atoms. The van der Waals surface area contributed by atoms with Crippen LogP contribution in [0.5, 0.6) is 0 Å². The minimum Gasteiger partial charge on any atom is -0.366 e. The molecular weight excluding hydrogens is 371 g/mol. The summed E-state index contributed by atoms with van der Waals surface area (Å²) in [6, 6.07) is 16.5. The van der Waals surface area contributed by atoms with Gasteiger partial charge in [-0.2, -0.15) is 5.26 Å². The minimum absolute atomic E-state index is 0.0193. The van der Waals surface area contributed by atoms with Crippen LogP contribution in [0, 0.1) is 17.1 Å². The van der Waals surface area contributed by atoms with Crippen LogP contribution in [0.25, 0.3) is 11.1 Å². The number of rotatable bonds is 6. The van der Waals surface area contributed by atoms with Gasteiger partial charge in [-0.05, 0) is 41.0 Å². The summed E-state index contributed by atoms with van der Waals surface area (Å²) < 4.78 is 13.9. The Morgan fingerprint density at radius 1 is 1.10 bits per heavy atom. The van der Waals surface area contributed by atoms with Crippen LogP contribution < -0.4 is 11.1 Å². The van der Waals surface area contributed by atoms with Crippen LogP contribution in [0.3, 0.4) is 0 Å². The van der Waals surface area contributed by atoms with Gasteiger partial charge in [-0.1, -0.05) is 30.3 Å². The van der Waals surface area contributed by atoms with E-state index in [1.165, 1.54) is 18.3 Å². The number of amides is 2. The highest BCUT2D eigenvalue weighted by Crippen LogP contribution is 2.23. The fraction of sp³-hybridized carbons (Fsp3) is 0.0909. The predicted molar refractivity (Wildman–Crippen MR) is 105 cm³/mol. The van der Waals surface area contributed by atoms with E-state index in [0.717, 1.165) is 11.1 Å². The Kier molecular flexibility index (Phi) is 5.95. The normalized spacial score (nSPS) is 10.2. The third kappa shape index (κ3) is 4.82. The Balaban J connectivity index is 1.69. The molecule has 6 nitrogen and oxygen atoms in total. The van der Waals surface area contributed by atoms with Gasteiger partial charge in [0.2, 0.25) is 5.91 Å². The average Bonchev–Trinajstić information content (AvgIpc) is 2.72. The number of nitriles is 1. The summed E-state index contributed by atoms with van der Waals surface area (Å²) in [5.41, 5.74) is 8.04. The van der Waals surface area contributed by atoms with Gasteiger partial charge in [0, 0.05) is 6.20 Å². The van der Waals surface area contributed by atoms with Crippen molar-refractivity contribution in [3.63, 3.8) is 0 Å². The molecule has 0 aliphatic carbocycles. The quantitative estimate of drug-likeness (QED) is 0.677. The number of carbonyl (C=O) groups excluding carboxylic acids is 2. The standard InChI is InChI=1S/C22H17FN4O2/c23-19-11-16(6-7-17(19)12-24)15-4-1-3-14(9-15)10-21(28)27-13-20-18(22(25)29)5-2-8-26-20/h1-9,11H,10,13H2,(H2,25,29)(H,27,28). The second-order valence-corrected chi connectivity index (χ2v) is 6.32. The number of nitrogens with one attached hydrogen (secondary N) is 1. The Bertz CT molecular complexity index is 1120. The molecule has 3 aromatic rings. The zero-order valence-corrected chi connectivity index (χ0v) is 15.4. The van der Waals surface area contributed by atoms with Crippen LogP contribution in [0.1, 0.15) is 27.2 Å². The molecule has 29 heavy (non-hydrogen) atoms. The van der Waals surface area contributed by atoms with Crippen molar-refractivity contribution in [3.8, 4) is 17.2 Å². The van der Waals surface area contributed by atoms with E-state index in [0.29, 0.717) is 11.3 Å². The van der Waals surface area contributed by atoms with Gasteiger partial charge >= 0.3 is 0 Å². The van der Waals surface area contributed by atoms with E-state index in [9.17, 15) is 14.0 Å². The van der Waals surface area contributed by atoms with Crippen molar-refractivity contribution in [3.05, 3.63) is 89.0 Å². The van der Waals surface area contributed by atoms with Gasteiger partial charge in [0.05, 0.1) is 29.8 Å². The lowest BCUT2D eigenvalue weighted by Gasteiger charge is -2.09. The van der Waals surface area contributed by atoms with E-state index in [1.54, 1.807) is 48.5 Å². The first-order valence-corrected chi connectivity index (χ1v) is 8.77. The number of primary amides is 1. The van der Waals surface area contributed by atoms with Crippen LogP contribution in [0.2, 0.25) is 0 Å². The Labute approximate surface area is 166 Å². The van der Waals surface area contributed by atoms with Gasteiger partial charge in [0.25, 0.3) is 5.91 Å². The second kappa shape index (κ2) is 8.76. The molecule has 0 unspecified atom stereocenters. The number of carbonyl (C=O) groups is 2. The number of nitrogens with zero attached hydrogens (tertiary/aromatic N) is 2. The largest absolute Gasteiger partial charge is 0.366 e. The Morgan fingerprint density at radius 3 is 2.62 bits per heavy atom. The molecule has 0 aliphatic heterocycles. The molecule has 0 saturated heterocycles. The third-order valence-electron chi connectivity index (χ3n) is 4.32. The first-order chi connectivity index (χ1) is 14.0. The highest BCUT2D eigenvalue weighted by atomic mass is 19.1. The van der Waals surface area contributed by atoms with E-state index >= 15 is 0 Å². The summed E-state index contributed by atoms with van der Waals surface area (Å²) in [4.78, 5) is 27.8. The number of benzene rings is 2. The van der Waals surface area contributed by atoms with Crippen molar-refractivity contribution in [1.29, 1.82) is 5.26 Å². The first kappa shape index (κ1) is 19.7. The predicted octanol–water partition coefficient (Wildman–Crippen LogP) is 2.72. The summed E-state index contributed by atoms with van der Waals surface area (Å²) in [7, 11) is 0. The maximum absolute atomic E-state index is 13.9. The van der Waals surface area contributed by atoms with Gasteiger partial charge < -0.3 is 11.1 Å². The van der Waals surface area contributed by atoms with Crippen LogP contribution in [0.15, 0.2) is 60.8 Å². The van der Waals surface area contributed by atoms with Crippen molar-refractivity contribution in [2.24, 2.45) is 5.73 Å². The van der Waals surface area contributed by atoms with Gasteiger partial charge in [0.15, 0.2) is 0 Å². The topological polar surface area (TPSA) is 109 Å². The summed E-state index contributed by atoms with van der Waals surface area (Å²) in [5.74, 6) is -1.45. The van der Waals surface area contributed by atoms with Gasteiger partial charge in [-0.15, -0.1) is 0 Å². The Morgan fingerprint density at radius 2 is 1.90 bits per heavy atom. The number of aromatic nitrogens is 1. The fourth-order valence-electron chi connectivity index (χ4n) is 2.88. The van der Waals surface area contributed by atoms with Crippen LogP contribution in [0.4, 0.5) is 4.39 Å². The average molecular weight is 388 g/mol. The molecule has 0 saturated carbocycles. The lowest BCUT2D eigenvalue weighted by atomic mass is 10.0. The SMILES string of the molecule is N#Cc1ccc(-c2cccc(CC(=O)NCc3ncccc3C(N)=O)c2)cc1F. The van der Waals surface area contributed by atoms with Crippen molar-refractivity contribution < 1.29 is 14.0 Å². The van der Waals surface area contributed by atoms with Gasteiger partial charge in [-0.3, -0.25) is 14.6 Å². The molecule has 0 fully saturated rings. The molecule has 144 valence electrons.